The molecule has 3 aromatic rings. The average molecular weight is 338 g/mol. The first-order valence-electron chi connectivity index (χ1n) is 8.45. The lowest BCUT2D eigenvalue weighted by atomic mass is 10.1. The second-order valence-corrected chi connectivity index (χ2v) is 6.34. The highest BCUT2D eigenvalue weighted by molar-refractivity contribution is 5.50. The molecule has 0 spiro atoms. The van der Waals surface area contributed by atoms with Gasteiger partial charge in [-0.15, -0.1) is 5.10 Å². The van der Waals surface area contributed by atoms with Crippen LogP contribution in [0, 0.1) is 6.92 Å². The van der Waals surface area contributed by atoms with Crippen LogP contribution in [0.15, 0.2) is 36.7 Å². The summed E-state index contributed by atoms with van der Waals surface area (Å²) in [6.45, 7) is 2.88. The maximum absolute atomic E-state index is 5.54. The van der Waals surface area contributed by atoms with Gasteiger partial charge in [0.25, 0.3) is 0 Å². The highest BCUT2D eigenvalue weighted by Crippen LogP contribution is 2.38. The molecule has 1 saturated heterocycles. The van der Waals surface area contributed by atoms with Gasteiger partial charge < -0.3 is 15.0 Å². The van der Waals surface area contributed by atoms with Gasteiger partial charge in [-0.25, -0.2) is 9.50 Å². The minimum absolute atomic E-state index is 0.113. The van der Waals surface area contributed by atoms with Crippen LogP contribution in [0.1, 0.15) is 23.9 Å². The third-order valence-corrected chi connectivity index (χ3v) is 4.86. The van der Waals surface area contributed by atoms with Crippen molar-refractivity contribution in [3.8, 4) is 5.75 Å². The zero-order valence-electron chi connectivity index (χ0n) is 14.7. The van der Waals surface area contributed by atoms with Crippen molar-refractivity contribution in [2.45, 2.75) is 25.4 Å². The van der Waals surface area contributed by atoms with Crippen LogP contribution in [0.3, 0.4) is 0 Å². The predicted octanol–water partition coefficient (Wildman–Crippen LogP) is 1.98. The lowest BCUT2D eigenvalue weighted by Crippen LogP contribution is -2.30. The molecule has 7 nitrogen and oxygen atoms in total. The van der Waals surface area contributed by atoms with E-state index in [1.165, 1.54) is 0 Å². The van der Waals surface area contributed by atoms with E-state index >= 15 is 0 Å². The van der Waals surface area contributed by atoms with E-state index in [1.807, 2.05) is 55.1 Å². The number of anilines is 1. The summed E-state index contributed by atoms with van der Waals surface area (Å²) < 4.78 is 7.43. The smallest absolute Gasteiger partial charge is 0.153 e. The average Bonchev–Trinajstić information content (AvgIpc) is 3.25. The van der Waals surface area contributed by atoms with Crippen molar-refractivity contribution in [1.82, 2.24) is 24.9 Å². The number of fused-ring (bicyclic) bond motifs is 1. The van der Waals surface area contributed by atoms with Crippen molar-refractivity contribution < 1.29 is 4.74 Å². The van der Waals surface area contributed by atoms with E-state index in [4.69, 9.17) is 9.84 Å². The van der Waals surface area contributed by atoms with Gasteiger partial charge in [0.2, 0.25) is 0 Å². The number of methoxy groups -OCH3 is 1. The lowest BCUT2D eigenvalue weighted by molar-refractivity contribution is 0.401. The number of nitrogens with zero attached hydrogens (tertiary/aromatic N) is 5. The number of aryl methyl sites for hydroxylation is 1. The van der Waals surface area contributed by atoms with E-state index in [1.54, 1.807) is 7.11 Å². The molecule has 25 heavy (non-hydrogen) atoms. The third kappa shape index (κ3) is 2.70. The van der Waals surface area contributed by atoms with Crippen LogP contribution in [0.2, 0.25) is 0 Å². The second-order valence-electron chi connectivity index (χ2n) is 6.34. The number of hydrogen-bond acceptors (Lipinski definition) is 6. The molecule has 0 amide bonds. The van der Waals surface area contributed by atoms with Gasteiger partial charge in [0.05, 0.1) is 25.0 Å². The maximum atomic E-state index is 5.54. The van der Waals surface area contributed by atoms with Crippen LogP contribution < -0.4 is 15.0 Å². The molecule has 130 valence electrons. The molecule has 1 fully saturated rings. The van der Waals surface area contributed by atoms with Gasteiger partial charge in [-0.2, -0.15) is 0 Å². The monoisotopic (exact) mass is 338 g/mol. The summed E-state index contributed by atoms with van der Waals surface area (Å²) in [5.74, 6) is 1.73. The van der Waals surface area contributed by atoms with Gasteiger partial charge in [-0.1, -0.05) is 0 Å². The summed E-state index contributed by atoms with van der Waals surface area (Å²) >= 11 is 0. The Morgan fingerprint density at radius 3 is 2.92 bits per heavy atom. The molecule has 0 aromatic carbocycles. The van der Waals surface area contributed by atoms with Crippen LogP contribution in [0.25, 0.3) is 5.65 Å². The molecule has 0 bridgehead atoms. The Morgan fingerprint density at radius 2 is 2.12 bits per heavy atom. The minimum Gasteiger partial charge on any atom is -0.495 e. The first-order valence-corrected chi connectivity index (χ1v) is 8.45. The Balaban J connectivity index is 1.77. The highest BCUT2D eigenvalue weighted by atomic mass is 16.5. The van der Waals surface area contributed by atoms with Crippen LogP contribution >= 0.6 is 0 Å². The zero-order valence-corrected chi connectivity index (χ0v) is 14.7. The van der Waals surface area contributed by atoms with E-state index in [0.29, 0.717) is 6.04 Å². The molecule has 0 unspecified atom stereocenters. The molecular formula is C18H22N6O. The molecule has 7 heteroatoms. The second kappa shape index (κ2) is 6.33. The standard InChI is InChI=1S/C18H22N6O/c1-12-10-21-16-6-7-17(22-24(12)16)23-11-13(19-2)9-14(23)18-15(25-3)5-4-8-20-18/h4-8,10,13-14,19H,9,11H2,1-3H3/t13-,14-/m0/s1. The van der Waals surface area contributed by atoms with Gasteiger partial charge in [0, 0.05) is 18.8 Å². The Hall–Kier alpha value is -2.67. The summed E-state index contributed by atoms with van der Waals surface area (Å²) in [4.78, 5) is 11.3. The molecular weight excluding hydrogens is 316 g/mol. The van der Waals surface area contributed by atoms with Crippen LogP contribution in [0.4, 0.5) is 5.82 Å². The molecule has 1 aliphatic heterocycles. The molecule has 4 heterocycles. The van der Waals surface area contributed by atoms with Crippen LogP contribution in [-0.2, 0) is 0 Å². The minimum atomic E-state index is 0.113. The Kier molecular flexibility index (Phi) is 4.01. The van der Waals surface area contributed by atoms with Crippen molar-refractivity contribution in [1.29, 1.82) is 0 Å². The van der Waals surface area contributed by atoms with Crippen molar-refractivity contribution in [3.05, 3.63) is 48.0 Å². The fourth-order valence-corrected chi connectivity index (χ4v) is 3.51. The SMILES string of the molecule is CN[C@H]1C[C@@H](c2ncccc2OC)N(c2ccc3ncc(C)n3n2)C1. The van der Waals surface area contributed by atoms with Crippen LogP contribution in [0.5, 0.6) is 5.75 Å². The van der Waals surface area contributed by atoms with E-state index in [0.717, 1.165) is 41.6 Å². The molecule has 4 rings (SSSR count). The summed E-state index contributed by atoms with van der Waals surface area (Å²) in [6, 6.07) is 8.39. The van der Waals surface area contributed by atoms with Crippen LogP contribution in [-0.4, -0.2) is 46.3 Å². The highest BCUT2D eigenvalue weighted by Gasteiger charge is 2.36. The molecule has 3 aromatic heterocycles. The number of ether oxygens (including phenoxy) is 1. The first kappa shape index (κ1) is 15.8. The largest absolute Gasteiger partial charge is 0.495 e. The fourth-order valence-electron chi connectivity index (χ4n) is 3.51. The predicted molar refractivity (Wildman–Crippen MR) is 96.1 cm³/mol. The summed E-state index contributed by atoms with van der Waals surface area (Å²) in [6.07, 6.45) is 4.61. The first-order chi connectivity index (χ1) is 12.2. The Morgan fingerprint density at radius 1 is 1.24 bits per heavy atom. The quantitative estimate of drug-likeness (QED) is 0.785. The van der Waals surface area contributed by atoms with Gasteiger partial charge in [0.15, 0.2) is 5.65 Å². The molecule has 1 aliphatic rings. The number of likely N-dealkylation sites (N-methyl/N-ethyl adjacent to an activating group) is 1. The number of hydrogen-bond donors (Lipinski definition) is 1. The number of pyridine rings is 1. The van der Waals surface area contributed by atoms with E-state index < -0.39 is 0 Å². The number of imidazole rings is 1. The Bertz CT molecular complexity index is 892. The maximum Gasteiger partial charge on any atom is 0.153 e. The van der Waals surface area contributed by atoms with Crippen molar-refractivity contribution in [2.24, 2.45) is 0 Å². The van der Waals surface area contributed by atoms with Crippen molar-refractivity contribution in [2.75, 3.05) is 25.6 Å². The number of rotatable bonds is 4. The van der Waals surface area contributed by atoms with Gasteiger partial charge >= 0.3 is 0 Å². The van der Waals surface area contributed by atoms with Crippen molar-refractivity contribution in [3.63, 3.8) is 0 Å². The molecule has 0 saturated carbocycles. The lowest BCUT2D eigenvalue weighted by Gasteiger charge is -2.26. The molecule has 0 aliphatic carbocycles. The number of nitrogens with one attached hydrogen (secondary N) is 1. The summed E-state index contributed by atoms with van der Waals surface area (Å²) in [5.41, 5.74) is 2.83. The van der Waals surface area contributed by atoms with E-state index in [-0.39, 0.29) is 6.04 Å². The Labute approximate surface area is 146 Å². The van der Waals surface area contributed by atoms with Gasteiger partial charge in [0.1, 0.15) is 17.3 Å². The zero-order chi connectivity index (χ0) is 17.4. The van der Waals surface area contributed by atoms with Gasteiger partial charge in [-0.3, -0.25) is 4.98 Å². The summed E-state index contributed by atoms with van der Waals surface area (Å²) in [7, 11) is 3.69. The third-order valence-electron chi connectivity index (χ3n) is 4.86. The van der Waals surface area contributed by atoms with E-state index in [9.17, 15) is 0 Å². The fraction of sp³-hybridized carbons (Fsp3) is 0.389. The van der Waals surface area contributed by atoms with Gasteiger partial charge in [-0.05, 0) is 44.7 Å². The topological polar surface area (TPSA) is 67.6 Å². The normalized spacial score (nSPS) is 20.4. The number of aromatic nitrogens is 4. The summed E-state index contributed by atoms with van der Waals surface area (Å²) in [5, 5.41) is 8.19. The molecule has 0 radical (unpaired) electrons. The molecule has 2 atom stereocenters. The van der Waals surface area contributed by atoms with E-state index in [2.05, 4.69) is 20.2 Å². The molecule has 1 N–H and O–H groups in total. The van der Waals surface area contributed by atoms with Crippen molar-refractivity contribution >= 4 is 11.5 Å².